The minimum atomic E-state index is -0.0850. The van der Waals surface area contributed by atoms with Crippen molar-refractivity contribution in [1.29, 1.82) is 0 Å². The maximum absolute atomic E-state index is 7.23. The van der Waals surface area contributed by atoms with Crippen molar-refractivity contribution in [3.63, 3.8) is 0 Å². The molecule has 0 aliphatic carbocycles. The number of H-pyrrole nitrogens is 1. The first-order valence-electron chi connectivity index (χ1n) is 18.1. The van der Waals surface area contributed by atoms with Gasteiger partial charge in [-0.15, -0.1) is 4.73 Å². The smallest absolute Gasteiger partial charge is 0.208 e. The number of rotatable bonds is 8. The lowest BCUT2D eigenvalue weighted by Gasteiger charge is -2.17. The molecule has 2 aliphatic heterocycles. The maximum Gasteiger partial charge on any atom is 0.208 e. The number of hydrogen-bond acceptors (Lipinski definition) is 14. The van der Waals surface area contributed by atoms with Crippen LogP contribution in [-0.2, 0) is 0 Å². The van der Waals surface area contributed by atoms with Crippen LogP contribution < -0.4 is 38.0 Å². The normalized spacial score (nSPS) is 11.8. The summed E-state index contributed by atoms with van der Waals surface area (Å²) in [5.74, 6) is 1.11. The summed E-state index contributed by atoms with van der Waals surface area (Å²) in [6, 6.07) is 1.55. The Morgan fingerprint density at radius 3 is 1.31 bits per heavy atom. The number of ether oxygens (including phenoxy) is 7. The Bertz CT molecular complexity index is 3400. The first kappa shape index (κ1) is 44.2. The van der Waals surface area contributed by atoms with Crippen molar-refractivity contribution < 1.29 is 38.0 Å². The number of fused-ring (bicyclic) bond motifs is 20. The lowest BCUT2D eigenvalue weighted by Crippen LogP contribution is -2.07. The molecule has 64 heavy (non-hydrogen) atoms. The molecular weight excluding hydrogens is 1000 g/mol. The van der Waals surface area contributed by atoms with Gasteiger partial charge >= 0.3 is 0 Å². The summed E-state index contributed by atoms with van der Waals surface area (Å²) in [4.78, 5) is 39.4. The molecule has 0 atom stereocenters. The highest BCUT2D eigenvalue weighted by atomic mass is 35.5. The monoisotopic (exact) mass is 1030 g/mol. The van der Waals surface area contributed by atoms with E-state index < -0.39 is 0 Å². The second-order valence-electron chi connectivity index (χ2n) is 13.4. The standard InChI is InChI=1S/C40H26Cl8N8O8/c1-57-26-16-13(23(46)29(60-4)30(26)61-5)35-51-36(16)52-38-18-17(27(58-2)31(62-6)32(63-7)28(18)59-3)37(53-38)50-33-10-9-11(41)19(42)20(43)12(10)34(49-33)54-39-14-15(40(55-35)56(39)64-8)22(45)25(48)24(47)21(14)44/h9H,1-8H3,(H,49,50,51,52,53,54,55). The van der Waals surface area contributed by atoms with E-state index in [9.17, 15) is 0 Å². The van der Waals surface area contributed by atoms with Crippen LogP contribution >= 0.6 is 92.8 Å². The van der Waals surface area contributed by atoms with Crippen LogP contribution in [0.4, 0.5) is 0 Å². The van der Waals surface area contributed by atoms with Gasteiger partial charge in [0.25, 0.3) is 0 Å². The van der Waals surface area contributed by atoms with Gasteiger partial charge in [-0.25, -0.2) is 29.9 Å². The topological polar surface area (TPSA) is 172 Å². The second-order valence-corrected chi connectivity index (χ2v) is 16.4. The Kier molecular flexibility index (Phi) is 11.3. The van der Waals surface area contributed by atoms with Gasteiger partial charge in [-0.05, 0) is 6.07 Å². The number of aromatic amines is 1. The fraction of sp³-hybridized carbons (Fsp3) is 0.200. The average Bonchev–Trinajstić information content (AvgIpc) is 4.02. The van der Waals surface area contributed by atoms with Crippen LogP contribution in [0.3, 0.4) is 0 Å². The van der Waals surface area contributed by atoms with Crippen LogP contribution in [0, 0.1) is 0 Å². The number of hydrogen-bond donors (Lipinski definition) is 1. The Labute approximate surface area is 400 Å². The first-order valence-corrected chi connectivity index (χ1v) is 21.1. The summed E-state index contributed by atoms with van der Waals surface area (Å²) in [7, 11) is 11.4. The maximum atomic E-state index is 7.23. The van der Waals surface area contributed by atoms with Crippen LogP contribution in [0.25, 0.3) is 89.7 Å². The van der Waals surface area contributed by atoms with E-state index in [2.05, 4.69) is 4.98 Å². The fourth-order valence-corrected chi connectivity index (χ4v) is 9.86. The van der Waals surface area contributed by atoms with E-state index in [1.165, 1.54) is 61.6 Å². The van der Waals surface area contributed by atoms with Crippen LogP contribution in [0.15, 0.2) is 6.07 Å². The third-order valence-electron chi connectivity index (χ3n) is 10.4. The van der Waals surface area contributed by atoms with Crippen molar-refractivity contribution in [1.82, 2.24) is 39.6 Å². The van der Waals surface area contributed by atoms with Crippen molar-refractivity contribution in [2.45, 2.75) is 0 Å². The van der Waals surface area contributed by atoms with Gasteiger partial charge in [-0.1, -0.05) is 92.8 Å². The molecule has 0 saturated heterocycles. The molecule has 0 amide bonds. The SMILES string of the molecule is COc1c(Cl)c2c(c(OC)c1OC)-c1nc-2nc2c3c(Cl)c(Cl)c(Cl)c(Cl)c3c(nc3nc(nc4[nH]c(n1)c1c(OC)c(OC)c(OC)c(OC)c41)-c1cc(Cl)c(Cl)c(Cl)c1-3)n2OC. The number of aromatic nitrogens is 8. The van der Waals surface area contributed by atoms with Gasteiger partial charge in [0.15, 0.2) is 57.6 Å². The summed E-state index contributed by atoms with van der Waals surface area (Å²) in [5.41, 5.74) is 1.25. The molecule has 0 unspecified atom stereocenters. The Morgan fingerprint density at radius 1 is 0.391 bits per heavy atom. The van der Waals surface area contributed by atoms with Crippen LogP contribution in [0.5, 0.6) is 40.2 Å². The molecule has 24 heteroatoms. The minimum absolute atomic E-state index is 0.00775. The van der Waals surface area contributed by atoms with Gasteiger partial charge in [0.2, 0.25) is 17.2 Å². The lowest BCUT2D eigenvalue weighted by atomic mass is 10.0. The fourth-order valence-electron chi connectivity index (χ4n) is 7.81. The molecule has 4 aromatic carbocycles. The number of methoxy groups -OCH3 is 7. The highest BCUT2D eigenvalue weighted by Crippen LogP contribution is 2.58. The summed E-state index contributed by atoms with van der Waals surface area (Å²) in [5, 5.41) is 0.816. The number of nitrogens with zero attached hydrogens (tertiary/aromatic N) is 7. The zero-order valence-corrected chi connectivity index (χ0v) is 40.0. The number of benzene rings is 4. The van der Waals surface area contributed by atoms with Crippen LogP contribution in [-0.4, -0.2) is 96.5 Å². The highest BCUT2D eigenvalue weighted by Gasteiger charge is 2.36. The molecule has 8 bridgehead atoms. The van der Waals surface area contributed by atoms with E-state index >= 15 is 0 Å². The molecule has 0 spiro atoms. The molecular formula is C40H26Cl8N8O8. The Morgan fingerprint density at radius 2 is 0.828 bits per heavy atom. The molecule has 1 N–H and O–H groups in total. The third-order valence-corrected chi connectivity index (χ3v) is 13.8. The van der Waals surface area contributed by atoms with Gasteiger partial charge < -0.3 is 43.0 Å². The van der Waals surface area contributed by atoms with Gasteiger partial charge in [-0.2, -0.15) is 0 Å². The molecule has 0 fully saturated rings. The summed E-state index contributed by atoms with van der Waals surface area (Å²) in [6.07, 6.45) is 0. The molecule has 5 heterocycles. The molecule has 3 aromatic heterocycles. The van der Waals surface area contributed by atoms with Gasteiger partial charge in [0.1, 0.15) is 18.4 Å². The van der Waals surface area contributed by atoms with E-state index in [1.54, 1.807) is 6.07 Å². The van der Waals surface area contributed by atoms with Crippen LogP contribution in [0.2, 0.25) is 40.2 Å². The number of nitrogens with one attached hydrogen (secondary N) is 1. The molecule has 9 rings (SSSR count). The third kappa shape index (κ3) is 6.10. The van der Waals surface area contributed by atoms with Crippen molar-refractivity contribution in [2.75, 3.05) is 56.9 Å². The van der Waals surface area contributed by atoms with Gasteiger partial charge in [0.05, 0.1) is 128 Å². The summed E-state index contributed by atoms with van der Waals surface area (Å²) >= 11 is 55.0. The van der Waals surface area contributed by atoms with E-state index in [0.29, 0.717) is 16.3 Å². The predicted molar refractivity (Wildman–Crippen MR) is 248 cm³/mol. The molecule has 0 saturated carbocycles. The predicted octanol–water partition coefficient (Wildman–Crippen LogP) is 11.7. The van der Waals surface area contributed by atoms with Crippen molar-refractivity contribution >= 4 is 137 Å². The minimum Gasteiger partial charge on any atom is -0.492 e. The zero-order chi connectivity index (χ0) is 45.8. The van der Waals surface area contributed by atoms with Crippen molar-refractivity contribution in [2.24, 2.45) is 0 Å². The zero-order valence-electron chi connectivity index (χ0n) is 34.0. The van der Waals surface area contributed by atoms with Crippen LogP contribution in [0.1, 0.15) is 0 Å². The van der Waals surface area contributed by atoms with E-state index in [4.69, 9.17) is 161 Å². The Balaban J connectivity index is 1.65. The summed E-state index contributed by atoms with van der Waals surface area (Å²) < 4.78 is 42.5. The van der Waals surface area contributed by atoms with E-state index in [1.807, 2.05) is 0 Å². The molecule has 2 aliphatic rings. The lowest BCUT2D eigenvalue weighted by molar-refractivity contribution is 0.187. The largest absolute Gasteiger partial charge is 0.492 e. The van der Waals surface area contributed by atoms with Gasteiger partial charge in [0, 0.05) is 5.56 Å². The quantitative estimate of drug-likeness (QED) is 0.113. The molecule has 16 nitrogen and oxygen atoms in total. The average molecular weight is 1030 g/mol. The Hall–Kier alpha value is -5.04. The molecule has 7 aromatic rings. The first-order chi connectivity index (χ1) is 30.7. The molecule has 0 radical (unpaired) electrons. The second kappa shape index (κ2) is 16.4. The van der Waals surface area contributed by atoms with Crippen molar-refractivity contribution in [3.8, 4) is 85.8 Å². The van der Waals surface area contributed by atoms with Crippen molar-refractivity contribution in [3.05, 3.63) is 46.2 Å². The van der Waals surface area contributed by atoms with Gasteiger partial charge in [-0.3, -0.25) is 0 Å². The summed E-state index contributed by atoms with van der Waals surface area (Å²) in [6.45, 7) is 0. The number of halogens is 8. The van der Waals surface area contributed by atoms with E-state index in [-0.39, 0.29) is 154 Å². The molecule has 330 valence electrons. The van der Waals surface area contributed by atoms with E-state index in [0.717, 1.165) is 0 Å². The highest BCUT2D eigenvalue weighted by molar-refractivity contribution is 6.56.